The molecule has 1 rings (SSSR count). The summed E-state index contributed by atoms with van der Waals surface area (Å²) in [5, 5.41) is 9.95. The summed E-state index contributed by atoms with van der Waals surface area (Å²) in [6.45, 7) is 2.05. The van der Waals surface area contributed by atoms with Gasteiger partial charge >= 0.3 is 5.97 Å². The number of ether oxygens (including phenoxy) is 1. The van der Waals surface area contributed by atoms with Gasteiger partial charge < -0.3 is 9.84 Å². The molecule has 0 radical (unpaired) electrons. The number of allylic oxidation sites excluding steroid dienone is 4. The summed E-state index contributed by atoms with van der Waals surface area (Å²) in [6.07, 6.45) is 13.1. The minimum atomic E-state index is -0.464. The van der Waals surface area contributed by atoms with Crippen molar-refractivity contribution in [3.8, 4) is 11.8 Å². The summed E-state index contributed by atoms with van der Waals surface area (Å²) in [5.41, 5.74) is 0.724. The number of carbonyl (C=O) groups excluding carboxylic acids is 2. The molecule has 2 atom stereocenters. The van der Waals surface area contributed by atoms with Crippen LogP contribution in [0.2, 0.25) is 0 Å². The van der Waals surface area contributed by atoms with Crippen molar-refractivity contribution in [2.45, 2.75) is 58.0 Å². The Labute approximate surface area is 150 Å². The minimum Gasteiger partial charge on any atom is -0.469 e. The molecule has 1 N–H and O–H groups in total. The summed E-state index contributed by atoms with van der Waals surface area (Å²) < 4.78 is 4.58. The molecule has 4 heteroatoms. The van der Waals surface area contributed by atoms with Crippen LogP contribution in [0.25, 0.3) is 0 Å². The number of ketones is 1. The van der Waals surface area contributed by atoms with Gasteiger partial charge in [0.2, 0.25) is 0 Å². The van der Waals surface area contributed by atoms with Crippen LogP contribution in [-0.4, -0.2) is 30.1 Å². The van der Waals surface area contributed by atoms with Crippen LogP contribution in [0.4, 0.5) is 0 Å². The van der Waals surface area contributed by atoms with Crippen LogP contribution in [-0.2, 0) is 14.3 Å². The fourth-order valence-corrected chi connectivity index (χ4v) is 2.49. The van der Waals surface area contributed by atoms with Crippen molar-refractivity contribution < 1.29 is 19.4 Å². The van der Waals surface area contributed by atoms with Crippen LogP contribution in [0.1, 0.15) is 51.9 Å². The first kappa shape index (κ1) is 20.9. The van der Waals surface area contributed by atoms with Gasteiger partial charge in [-0.2, -0.15) is 0 Å². The molecule has 136 valence electrons. The second kappa shape index (κ2) is 12.3. The number of rotatable bonds is 9. The molecule has 0 heterocycles. The third-order valence-electron chi connectivity index (χ3n) is 3.94. The van der Waals surface area contributed by atoms with Gasteiger partial charge in [-0.25, -0.2) is 0 Å². The maximum atomic E-state index is 12.0. The normalized spacial score (nSPS) is 19.2. The number of esters is 1. The third-order valence-corrected chi connectivity index (χ3v) is 3.94. The van der Waals surface area contributed by atoms with E-state index in [1.54, 1.807) is 6.08 Å². The zero-order chi connectivity index (χ0) is 18.5. The number of carbonyl (C=O) groups is 2. The topological polar surface area (TPSA) is 63.6 Å². The van der Waals surface area contributed by atoms with E-state index in [0.717, 1.165) is 12.0 Å². The highest BCUT2D eigenvalue weighted by molar-refractivity contribution is 6.07. The molecule has 0 aromatic rings. The van der Waals surface area contributed by atoms with Gasteiger partial charge in [-0.15, -0.1) is 11.8 Å². The average Bonchev–Trinajstić information content (AvgIpc) is 2.96. The Kier molecular flexibility index (Phi) is 10.3. The lowest BCUT2D eigenvalue weighted by molar-refractivity contribution is -0.140. The lowest BCUT2D eigenvalue weighted by Gasteiger charge is -2.09. The Hall–Kier alpha value is -2.12. The maximum Gasteiger partial charge on any atom is 0.305 e. The predicted octanol–water partition coefficient (Wildman–Crippen LogP) is 3.51. The van der Waals surface area contributed by atoms with E-state index in [0.29, 0.717) is 38.5 Å². The molecule has 0 amide bonds. The van der Waals surface area contributed by atoms with Gasteiger partial charge in [0, 0.05) is 30.8 Å². The Morgan fingerprint density at radius 2 is 2.16 bits per heavy atom. The fourth-order valence-electron chi connectivity index (χ4n) is 2.49. The van der Waals surface area contributed by atoms with E-state index in [1.165, 1.54) is 7.11 Å². The molecule has 25 heavy (non-hydrogen) atoms. The molecule has 0 spiro atoms. The SMILES string of the molecule is CCC=CCC(O)CC=C1C(=O)C=CC1CC#CCCCC(=O)OC. The van der Waals surface area contributed by atoms with Gasteiger partial charge in [-0.05, 0) is 31.8 Å². The van der Waals surface area contributed by atoms with Gasteiger partial charge in [0.05, 0.1) is 13.2 Å². The van der Waals surface area contributed by atoms with Crippen LogP contribution in [0.3, 0.4) is 0 Å². The van der Waals surface area contributed by atoms with Crippen molar-refractivity contribution in [3.05, 3.63) is 36.0 Å². The fraction of sp³-hybridized carbons (Fsp3) is 0.524. The minimum absolute atomic E-state index is 0.000934. The lowest BCUT2D eigenvalue weighted by Crippen LogP contribution is -2.07. The third kappa shape index (κ3) is 8.51. The van der Waals surface area contributed by atoms with Crippen molar-refractivity contribution in [2.75, 3.05) is 7.11 Å². The first-order chi connectivity index (χ1) is 12.1. The van der Waals surface area contributed by atoms with Gasteiger partial charge in [0.1, 0.15) is 0 Å². The van der Waals surface area contributed by atoms with E-state index in [4.69, 9.17) is 0 Å². The second-order valence-corrected chi connectivity index (χ2v) is 5.98. The van der Waals surface area contributed by atoms with Crippen molar-refractivity contribution >= 4 is 11.8 Å². The van der Waals surface area contributed by atoms with Crippen molar-refractivity contribution in [1.82, 2.24) is 0 Å². The van der Waals surface area contributed by atoms with Gasteiger partial charge in [0.25, 0.3) is 0 Å². The molecular weight excluding hydrogens is 316 g/mol. The summed E-state index contributed by atoms with van der Waals surface area (Å²) >= 11 is 0. The van der Waals surface area contributed by atoms with Crippen LogP contribution in [0.15, 0.2) is 36.0 Å². The smallest absolute Gasteiger partial charge is 0.305 e. The van der Waals surface area contributed by atoms with Crippen LogP contribution in [0.5, 0.6) is 0 Å². The molecule has 1 aliphatic rings. The molecule has 0 aromatic carbocycles. The van der Waals surface area contributed by atoms with E-state index in [1.807, 2.05) is 24.3 Å². The molecule has 1 aliphatic carbocycles. The number of hydrogen-bond donors (Lipinski definition) is 1. The molecule has 0 saturated heterocycles. The highest BCUT2D eigenvalue weighted by Gasteiger charge is 2.22. The van der Waals surface area contributed by atoms with Gasteiger partial charge in [-0.3, -0.25) is 9.59 Å². The van der Waals surface area contributed by atoms with E-state index < -0.39 is 6.10 Å². The molecule has 2 unspecified atom stereocenters. The zero-order valence-electron chi connectivity index (χ0n) is 15.2. The molecule has 0 bridgehead atoms. The standard InChI is InChI=1S/C21H28O4/c1-3-4-7-11-18(22)14-15-19-17(13-16-20(19)23)10-8-5-6-9-12-21(24)25-2/h4,7,13,15-18,22H,3,6,9-12,14H2,1-2H3. The van der Waals surface area contributed by atoms with E-state index >= 15 is 0 Å². The summed E-state index contributed by atoms with van der Waals surface area (Å²) in [4.78, 5) is 22.9. The summed E-state index contributed by atoms with van der Waals surface area (Å²) in [5.74, 6) is 5.91. The predicted molar refractivity (Wildman–Crippen MR) is 98.7 cm³/mol. The van der Waals surface area contributed by atoms with E-state index in [9.17, 15) is 14.7 Å². The van der Waals surface area contributed by atoms with Gasteiger partial charge in [0.15, 0.2) is 5.78 Å². The Morgan fingerprint density at radius 1 is 1.36 bits per heavy atom. The van der Waals surface area contributed by atoms with Gasteiger partial charge in [-0.1, -0.05) is 31.2 Å². The van der Waals surface area contributed by atoms with Crippen LogP contribution in [0, 0.1) is 17.8 Å². The molecule has 0 fully saturated rings. The largest absolute Gasteiger partial charge is 0.469 e. The highest BCUT2D eigenvalue weighted by Crippen LogP contribution is 2.25. The van der Waals surface area contributed by atoms with E-state index in [-0.39, 0.29) is 17.7 Å². The number of aliphatic hydroxyl groups excluding tert-OH is 1. The lowest BCUT2D eigenvalue weighted by atomic mass is 9.96. The quantitative estimate of drug-likeness (QED) is 0.229. The summed E-state index contributed by atoms with van der Waals surface area (Å²) in [7, 11) is 1.38. The first-order valence-corrected chi connectivity index (χ1v) is 8.86. The number of aliphatic hydroxyl groups is 1. The monoisotopic (exact) mass is 344 g/mol. The highest BCUT2D eigenvalue weighted by atomic mass is 16.5. The van der Waals surface area contributed by atoms with Crippen molar-refractivity contribution in [1.29, 1.82) is 0 Å². The summed E-state index contributed by atoms with van der Waals surface area (Å²) in [6, 6.07) is 0. The van der Waals surface area contributed by atoms with Crippen molar-refractivity contribution in [3.63, 3.8) is 0 Å². The molecule has 0 aromatic heterocycles. The molecule has 0 aliphatic heterocycles. The number of hydrogen-bond acceptors (Lipinski definition) is 4. The number of unbranched alkanes of at least 4 members (excludes halogenated alkanes) is 1. The maximum absolute atomic E-state index is 12.0. The Bertz CT molecular complexity index is 587. The Morgan fingerprint density at radius 3 is 2.88 bits per heavy atom. The van der Waals surface area contributed by atoms with E-state index in [2.05, 4.69) is 23.5 Å². The number of methoxy groups -OCH3 is 1. The average molecular weight is 344 g/mol. The second-order valence-electron chi connectivity index (χ2n) is 5.98. The zero-order valence-corrected chi connectivity index (χ0v) is 15.2. The molecule has 4 nitrogen and oxygen atoms in total. The molecular formula is C21H28O4. The molecule has 0 saturated carbocycles. The van der Waals surface area contributed by atoms with Crippen LogP contribution < -0.4 is 0 Å². The van der Waals surface area contributed by atoms with Crippen LogP contribution >= 0.6 is 0 Å². The first-order valence-electron chi connectivity index (χ1n) is 8.86. The Balaban J connectivity index is 2.44. The van der Waals surface area contributed by atoms with Crippen molar-refractivity contribution in [2.24, 2.45) is 5.92 Å².